The predicted octanol–water partition coefficient (Wildman–Crippen LogP) is 2.83. The molecule has 0 radical (unpaired) electrons. The molecule has 0 spiro atoms. The van der Waals surface area contributed by atoms with E-state index in [1.807, 2.05) is 13.8 Å². The minimum atomic E-state index is -0.853. The number of aliphatic hydroxyl groups is 1. The molecule has 94 valence electrons. The van der Waals surface area contributed by atoms with Crippen molar-refractivity contribution in [3.8, 4) is 0 Å². The monoisotopic (exact) mass is 340 g/mol. The van der Waals surface area contributed by atoms with Crippen molar-refractivity contribution in [1.29, 1.82) is 0 Å². The molecule has 1 fully saturated rings. The third kappa shape index (κ3) is 3.32. The van der Waals surface area contributed by atoms with Crippen LogP contribution in [0.25, 0.3) is 0 Å². The first-order valence-electron chi connectivity index (χ1n) is 5.92. The number of hydrogen-bond acceptors (Lipinski definition) is 3. The fraction of sp³-hybridized carbons (Fsp3) is 0.917. The van der Waals surface area contributed by atoms with E-state index in [0.717, 1.165) is 32.1 Å². The van der Waals surface area contributed by atoms with Gasteiger partial charge in [0, 0.05) is 0 Å². The third-order valence-corrected chi connectivity index (χ3v) is 4.63. The van der Waals surface area contributed by atoms with E-state index in [-0.39, 0.29) is 12.1 Å². The van der Waals surface area contributed by atoms with Gasteiger partial charge in [-0.2, -0.15) is 0 Å². The van der Waals surface area contributed by atoms with Crippen molar-refractivity contribution >= 4 is 28.6 Å². The van der Waals surface area contributed by atoms with Crippen LogP contribution in [0.4, 0.5) is 0 Å². The number of ether oxygens (including phenoxy) is 1. The van der Waals surface area contributed by atoms with Crippen LogP contribution in [0.5, 0.6) is 0 Å². The maximum Gasteiger partial charge on any atom is 0.322 e. The second-order valence-corrected chi connectivity index (χ2v) is 7.43. The Kier molecular flexibility index (Phi) is 4.63. The SMILES string of the molecule is CCC(C)(I)C(=O)OC1CCCCC1(C)O. The van der Waals surface area contributed by atoms with Crippen LogP contribution in [0.15, 0.2) is 0 Å². The predicted molar refractivity (Wildman–Crippen MR) is 71.7 cm³/mol. The Morgan fingerprint density at radius 1 is 1.62 bits per heavy atom. The number of hydrogen-bond donors (Lipinski definition) is 1. The van der Waals surface area contributed by atoms with E-state index in [1.54, 1.807) is 6.92 Å². The number of rotatable bonds is 3. The highest BCUT2D eigenvalue weighted by Crippen LogP contribution is 2.33. The van der Waals surface area contributed by atoms with Gasteiger partial charge in [-0.25, -0.2) is 0 Å². The van der Waals surface area contributed by atoms with Crippen LogP contribution < -0.4 is 0 Å². The minimum absolute atomic E-state index is 0.206. The molecule has 0 amide bonds. The lowest BCUT2D eigenvalue weighted by atomic mass is 9.83. The summed E-state index contributed by atoms with van der Waals surface area (Å²) in [5.74, 6) is -0.206. The number of halogens is 1. The molecule has 1 aliphatic rings. The largest absolute Gasteiger partial charge is 0.458 e. The lowest BCUT2D eigenvalue weighted by Crippen LogP contribution is -2.47. The van der Waals surface area contributed by atoms with Crippen molar-refractivity contribution in [2.24, 2.45) is 0 Å². The van der Waals surface area contributed by atoms with Crippen LogP contribution in [0.2, 0.25) is 0 Å². The summed E-state index contributed by atoms with van der Waals surface area (Å²) < 4.78 is 4.98. The molecule has 0 aliphatic heterocycles. The van der Waals surface area contributed by atoms with E-state index < -0.39 is 9.02 Å². The number of alkyl halides is 1. The molecule has 0 heterocycles. The molecule has 4 heteroatoms. The molecular weight excluding hydrogens is 319 g/mol. The zero-order valence-corrected chi connectivity index (χ0v) is 12.4. The highest BCUT2D eigenvalue weighted by atomic mass is 127. The van der Waals surface area contributed by atoms with Gasteiger partial charge in [0.25, 0.3) is 0 Å². The van der Waals surface area contributed by atoms with E-state index in [9.17, 15) is 9.90 Å². The van der Waals surface area contributed by atoms with Crippen LogP contribution in [-0.4, -0.2) is 26.2 Å². The maximum atomic E-state index is 11.9. The van der Waals surface area contributed by atoms with E-state index in [0.29, 0.717) is 0 Å². The molecule has 0 aromatic rings. The Balaban J connectivity index is 2.62. The topological polar surface area (TPSA) is 46.5 Å². The second kappa shape index (κ2) is 5.21. The minimum Gasteiger partial charge on any atom is -0.458 e. The number of carbonyl (C=O) groups excluding carboxylic acids is 1. The number of carbonyl (C=O) groups is 1. The normalized spacial score (nSPS) is 34.2. The van der Waals surface area contributed by atoms with Crippen LogP contribution >= 0.6 is 22.6 Å². The van der Waals surface area contributed by atoms with E-state index in [4.69, 9.17) is 4.74 Å². The van der Waals surface area contributed by atoms with Gasteiger partial charge in [-0.05, 0) is 39.5 Å². The zero-order chi connectivity index (χ0) is 12.4. The van der Waals surface area contributed by atoms with Gasteiger partial charge < -0.3 is 9.84 Å². The summed E-state index contributed by atoms with van der Waals surface area (Å²) in [4.78, 5) is 11.9. The molecule has 1 aliphatic carbocycles. The first-order chi connectivity index (χ1) is 7.29. The fourth-order valence-electron chi connectivity index (χ4n) is 1.87. The van der Waals surface area contributed by atoms with Crippen molar-refractivity contribution < 1.29 is 14.6 Å². The highest BCUT2D eigenvalue weighted by molar-refractivity contribution is 14.1. The van der Waals surface area contributed by atoms with Gasteiger partial charge in [0.1, 0.15) is 9.53 Å². The molecule has 0 aromatic carbocycles. The van der Waals surface area contributed by atoms with Crippen molar-refractivity contribution in [1.82, 2.24) is 0 Å². The Morgan fingerprint density at radius 3 is 2.75 bits per heavy atom. The van der Waals surface area contributed by atoms with Gasteiger partial charge >= 0.3 is 5.97 Å². The lowest BCUT2D eigenvalue weighted by molar-refractivity contribution is -0.170. The molecule has 0 bridgehead atoms. The Labute approximate surface area is 111 Å². The Morgan fingerprint density at radius 2 is 2.25 bits per heavy atom. The fourth-order valence-corrected chi connectivity index (χ4v) is 1.99. The molecule has 3 atom stereocenters. The smallest absolute Gasteiger partial charge is 0.322 e. The molecule has 0 saturated heterocycles. The second-order valence-electron chi connectivity index (χ2n) is 5.05. The molecule has 1 N–H and O–H groups in total. The molecule has 16 heavy (non-hydrogen) atoms. The molecule has 3 nitrogen and oxygen atoms in total. The van der Waals surface area contributed by atoms with Crippen molar-refractivity contribution in [3.05, 3.63) is 0 Å². The van der Waals surface area contributed by atoms with E-state index >= 15 is 0 Å². The van der Waals surface area contributed by atoms with Gasteiger partial charge in [0.2, 0.25) is 0 Å². The molecule has 1 rings (SSSR count). The summed E-state index contributed by atoms with van der Waals surface area (Å²) >= 11 is 2.12. The summed E-state index contributed by atoms with van der Waals surface area (Å²) in [6, 6.07) is 0. The summed E-state index contributed by atoms with van der Waals surface area (Å²) in [5, 5.41) is 10.1. The lowest BCUT2D eigenvalue weighted by Gasteiger charge is -2.37. The van der Waals surface area contributed by atoms with E-state index in [2.05, 4.69) is 22.6 Å². The van der Waals surface area contributed by atoms with Gasteiger partial charge in [-0.1, -0.05) is 35.9 Å². The average Bonchev–Trinajstić information content (AvgIpc) is 2.21. The van der Waals surface area contributed by atoms with Crippen molar-refractivity contribution in [2.75, 3.05) is 0 Å². The summed E-state index contributed by atoms with van der Waals surface area (Å²) in [5.41, 5.74) is -0.853. The summed E-state index contributed by atoms with van der Waals surface area (Å²) in [6.45, 7) is 5.60. The van der Waals surface area contributed by atoms with Crippen LogP contribution in [0.1, 0.15) is 52.9 Å². The number of esters is 1. The Hall–Kier alpha value is 0.160. The first-order valence-corrected chi connectivity index (χ1v) is 7.00. The standard InChI is InChI=1S/C12H21IO3/c1-4-11(2,13)10(14)16-9-7-5-6-8-12(9,3)15/h9,15H,4-8H2,1-3H3. The molecule has 3 unspecified atom stereocenters. The van der Waals surface area contributed by atoms with Crippen molar-refractivity contribution in [2.45, 2.75) is 68.0 Å². The van der Waals surface area contributed by atoms with Gasteiger partial charge in [-0.3, -0.25) is 4.79 Å². The van der Waals surface area contributed by atoms with Crippen LogP contribution in [0.3, 0.4) is 0 Å². The molecule has 1 saturated carbocycles. The maximum absolute atomic E-state index is 11.9. The molecule has 0 aromatic heterocycles. The van der Waals surface area contributed by atoms with Gasteiger partial charge in [0.05, 0.1) is 5.60 Å². The zero-order valence-electron chi connectivity index (χ0n) is 10.3. The average molecular weight is 340 g/mol. The van der Waals surface area contributed by atoms with Crippen molar-refractivity contribution in [3.63, 3.8) is 0 Å². The van der Waals surface area contributed by atoms with E-state index in [1.165, 1.54) is 0 Å². The summed E-state index contributed by atoms with van der Waals surface area (Å²) in [6.07, 6.45) is 3.93. The van der Waals surface area contributed by atoms with Gasteiger partial charge in [0.15, 0.2) is 0 Å². The first kappa shape index (κ1) is 14.2. The third-order valence-electron chi connectivity index (χ3n) is 3.43. The molecular formula is C12H21IO3. The Bertz CT molecular complexity index is 261. The quantitative estimate of drug-likeness (QED) is 0.488. The summed E-state index contributed by atoms with van der Waals surface area (Å²) in [7, 11) is 0. The van der Waals surface area contributed by atoms with Gasteiger partial charge in [-0.15, -0.1) is 0 Å². The highest BCUT2D eigenvalue weighted by Gasteiger charge is 2.40. The van der Waals surface area contributed by atoms with Crippen LogP contribution in [-0.2, 0) is 9.53 Å². The van der Waals surface area contributed by atoms with Crippen LogP contribution in [0, 0.1) is 0 Å².